The Bertz CT molecular complexity index is 890. The van der Waals surface area contributed by atoms with E-state index in [0.717, 1.165) is 46.6 Å². The summed E-state index contributed by atoms with van der Waals surface area (Å²) in [5.41, 5.74) is 2.47. The lowest BCUT2D eigenvalue weighted by atomic mass is 10.0. The van der Waals surface area contributed by atoms with E-state index in [1.54, 1.807) is 6.07 Å². The first-order chi connectivity index (χ1) is 11.8. The Morgan fingerprint density at radius 2 is 1.88 bits per heavy atom. The Kier molecular flexibility index (Phi) is 4.73. The smallest absolute Gasteiger partial charge is 0.341 e. The Labute approximate surface area is 148 Å². The van der Waals surface area contributed by atoms with E-state index in [2.05, 4.69) is 16.9 Å². The zero-order valence-corrected chi connectivity index (χ0v) is 15.1. The topological polar surface area (TPSA) is 28.7 Å². The summed E-state index contributed by atoms with van der Waals surface area (Å²) in [5.74, 6) is 0.727. The number of alkyl halides is 3. The van der Waals surface area contributed by atoms with Gasteiger partial charge in [-0.05, 0) is 38.0 Å². The Balaban J connectivity index is 2.07. The molecule has 1 aromatic carbocycles. The zero-order chi connectivity index (χ0) is 18.2. The van der Waals surface area contributed by atoms with Crippen molar-refractivity contribution in [3.05, 3.63) is 52.8 Å². The number of nitrogens with one attached hydrogen (secondary N) is 1. The number of aromatic amines is 1. The predicted molar refractivity (Wildman–Crippen MR) is 95.8 cm³/mol. The van der Waals surface area contributed by atoms with E-state index in [0.29, 0.717) is 4.88 Å². The van der Waals surface area contributed by atoms with Crippen LogP contribution in [0.1, 0.15) is 35.9 Å². The van der Waals surface area contributed by atoms with E-state index >= 15 is 0 Å². The summed E-state index contributed by atoms with van der Waals surface area (Å²) in [7, 11) is 0. The second-order valence-electron chi connectivity index (χ2n) is 6.07. The van der Waals surface area contributed by atoms with E-state index in [1.165, 1.54) is 23.5 Å². The van der Waals surface area contributed by atoms with Crippen LogP contribution in [-0.2, 0) is 12.6 Å². The molecule has 2 aromatic heterocycles. The average molecular weight is 364 g/mol. The maximum Gasteiger partial charge on any atom is 0.417 e. The van der Waals surface area contributed by atoms with Crippen molar-refractivity contribution in [1.82, 2.24) is 9.97 Å². The number of nitrogens with zero attached hydrogens (tertiary/aromatic N) is 1. The first-order valence-electron chi connectivity index (χ1n) is 8.14. The normalized spacial score (nSPS) is 11.9. The summed E-state index contributed by atoms with van der Waals surface area (Å²) in [6.45, 7) is 5.91. The summed E-state index contributed by atoms with van der Waals surface area (Å²) < 4.78 is 40.0. The van der Waals surface area contributed by atoms with Crippen molar-refractivity contribution in [2.45, 2.75) is 39.8 Å². The van der Waals surface area contributed by atoms with Crippen LogP contribution >= 0.6 is 11.3 Å². The molecule has 0 saturated heterocycles. The number of thiophene rings is 1. The minimum absolute atomic E-state index is 0.223. The third-order valence-corrected chi connectivity index (χ3v) is 5.38. The van der Waals surface area contributed by atoms with Crippen LogP contribution in [-0.4, -0.2) is 9.97 Å². The molecule has 3 aromatic rings. The molecule has 0 aliphatic carbocycles. The quantitative estimate of drug-likeness (QED) is 0.571. The molecule has 0 spiro atoms. The lowest BCUT2D eigenvalue weighted by molar-refractivity contribution is -0.137. The molecule has 0 aliphatic rings. The molecule has 6 heteroatoms. The fraction of sp³-hybridized carbons (Fsp3) is 0.316. The number of benzene rings is 1. The van der Waals surface area contributed by atoms with Crippen LogP contribution in [0.2, 0.25) is 0 Å². The van der Waals surface area contributed by atoms with Crippen LogP contribution in [0.15, 0.2) is 30.3 Å². The summed E-state index contributed by atoms with van der Waals surface area (Å²) in [5, 5.41) is 0. The van der Waals surface area contributed by atoms with Gasteiger partial charge in [0, 0.05) is 16.1 Å². The van der Waals surface area contributed by atoms with Gasteiger partial charge in [0.1, 0.15) is 5.82 Å². The number of rotatable bonds is 4. The minimum atomic E-state index is -4.37. The molecule has 1 N–H and O–H groups in total. The summed E-state index contributed by atoms with van der Waals surface area (Å²) in [4.78, 5) is 9.37. The van der Waals surface area contributed by atoms with Gasteiger partial charge in [0.05, 0.1) is 16.1 Å². The lowest BCUT2D eigenvalue weighted by Crippen LogP contribution is -2.06. The molecule has 0 atom stereocenters. The average Bonchev–Trinajstić information content (AvgIpc) is 3.10. The summed E-state index contributed by atoms with van der Waals surface area (Å²) >= 11 is 1.34. The predicted octanol–water partition coefficient (Wildman–Crippen LogP) is 6.39. The van der Waals surface area contributed by atoms with Gasteiger partial charge < -0.3 is 4.98 Å². The van der Waals surface area contributed by atoms with Crippen LogP contribution in [0.3, 0.4) is 0 Å². The molecule has 0 saturated carbocycles. The largest absolute Gasteiger partial charge is 0.417 e. The first kappa shape index (κ1) is 17.7. The maximum absolute atomic E-state index is 13.3. The van der Waals surface area contributed by atoms with Gasteiger partial charge >= 0.3 is 6.18 Å². The van der Waals surface area contributed by atoms with Gasteiger partial charge in [0.2, 0.25) is 0 Å². The molecule has 0 radical (unpaired) electrons. The summed E-state index contributed by atoms with van der Waals surface area (Å²) in [6.07, 6.45) is -2.49. The molecule has 0 unspecified atom stereocenters. The third-order valence-electron chi connectivity index (χ3n) is 4.10. The maximum atomic E-state index is 13.3. The highest BCUT2D eigenvalue weighted by molar-refractivity contribution is 7.19. The fourth-order valence-corrected chi connectivity index (χ4v) is 4.04. The van der Waals surface area contributed by atoms with Crippen LogP contribution < -0.4 is 0 Å². The van der Waals surface area contributed by atoms with Crippen molar-refractivity contribution in [1.29, 1.82) is 0 Å². The highest BCUT2D eigenvalue weighted by Crippen LogP contribution is 2.43. The SMILES string of the molecule is CCCc1nc(-c2cc(C)c(-c3ccccc3C(F)(F)F)s2)[nH]c1C. The van der Waals surface area contributed by atoms with Crippen molar-refractivity contribution >= 4 is 11.3 Å². The molecular weight excluding hydrogens is 345 g/mol. The molecule has 132 valence electrons. The fourth-order valence-electron chi connectivity index (χ4n) is 2.89. The van der Waals surface area contributed by atoms with E-state index in [4.69, 9.17) is 0 Å². The molecule has 25 heavy (non-hydrogen) atoms. The molecule has 0 amide bonds. The molecule has 0 aliphatic heterocycles. The van der Waals surface area contributed by atoms with Crippen molar-refractivity contribution < 1.29 is 13.2 Å². The molecule has 2 heterocycles. The Hall–Kier alpha value is -2.08. The third kappa shape index (κ3) is 3.49. The zero-order valence-electron chi connectivity index (χ0n) is 14.3. The molecule has 3 rings (SSSR count). The number of hydrogen-bond donors (Lipinski definition) is 1. The molecule has 0 bridgehead atoms. The molecule has 2 nitrogen and oxygen atoms in total. The van der Waals surface area contributed by atoms with Crippen LogP contribution in [0.4, 0.5) is 13.2 Å². The van der Waals surface area contributed by atoms with Crippen molar-refractivity contribution in [3.8, 4) is 21.1 Å². The highest BCUT2D eigenvalue weighted by atomic mass is 32.1. The number of aryl methyl sites for hydroxylation is 3. The standard InChI is InChI=1S/C19H19F3N2S/c1-4-7-15-12(3)23-18(24-15)16-10-11(2)17(25-16)13-8-5-6-9-14(13)19(20,21)22/h5-6,8-10H,4,7H2,1-3H3,(H,23,24). The molecular formula is C19H19F3N2S. The van der Waals surface area contributed by atoms with Crippen LogP contribution in [0.5, 0.6) is 0 Å². The van der Waals surface area contributed by atoms with Gasteiger partial charge in [0.15, 0.2) is 0 Å². The second-order valence-corrected chi connectivity index (χ2v) is 7.13. The van der Waals surface area contributed by atoms with Crippen molar-refractivity contribution in [2.24, 2.45) is 0 Å². The van der Waals surface area contributed by atoms with E-state index in [9.17, 15) is 13.2 Å². The van der Waals surface area contributed by atoms with Gasteiger partial charge in [0.25, 0.3) is 0 Å². The van der Waals surface area contributed by atoms with E-state index < -0.39 is 11.7 Å². The minimum Gasteiger partial charge on any atom is -0.341 e. The second kappa shape index (κ2) is 6.67. The van der Waals surface area contributed by atoms with Crippen LogP contribution in [0, 0.1) is 13.8 Å². The van der Waals surface area contributed by atoms with E-state index in [1.807, 2.05) is 19.9 Å². The van der Waals surface area contributed by atoms with Gasteiger partial charge in [-0.15, -0.1) is 11.3 Å². The van der Waals surface area contributed by atoms with Crippen molar-refractivity contribution in [3.63, 3.8) is 0 Å². The monoisotopic (exact) mass is 364 g/mol. The number of halogens is 3. The lowest BCUT2D eigenvalue weighted by Gasteiger charge is -2.12. The van der Waals surface area contributed by atoms with Gasteiger partial charge in [-0.2, -0.15) is 13.2 Å². The van der Waals surface area contributed by atoms with Crippen LogP contribution in [0.25, 0.3) is 21.1 Å². The van der Waals surface area contributed by atoms with Crippen molar-refractivity contribution in [2.75, 3.05) is 0 Å². The Morgan fingerprint density at radius 1 is 1.16 bits per heavy atom. The number of hydrogen-bond acceptors (Lipinski definition) is 2. The van der Waals surface area contributed by atoms with Gasteiger partial charge in [-0.3, -0.25) is 0 Å². The number of aromatic nitrogens is 2. The summed E-state index contributed by atoms with van der Waals surface area (Å²) in [6, 6.07) is 7.62. The number of imidazole rings is 1. The Morgan fingerprint density at radius 3 is 2.56 bits per heavy atom. The van der Waals surface area contributed by atoms with Gasteiger partial charge in [-0.25, -0.2) is 4.98 Å². The highest BCUT2D eigenvalue weighted by Gasteiger charge is 2.34. The molecule has 0 fully saturated rings. The first-order valence-corrected chi connectivity index (χ1v) is 8.95. The van der Waals surface area contributed by atoms with E-state index in [-0.39, 0.29) is 5.56 Å². The number of H-pyrrole nitrogens is 1. The van der Waals surface area contributed by atoms with Gasteiger partial charge in [-0.1, -0.05) is 31.5 Å².